The highest BCUT2D eigenvalue weighted by atomic mass is 35.5. The molecule has 1 amide bonds. The second kappa shape index (κ2) is 8.70. The van der Waals surface area contributed by atoms with Crippen molar-refractivity contribution in [3.05, 3.63) is 98.3 Å². The van der Waals surface area contributed by atoms with Crippen LogP contribution in [0.3, 0.4) is 0 Å². The topological polar surface area (TPSA) is 82.2 Å². The molecule has 0 saturated heterocycles. The van der Waals surface area contributed by atoms with E-state index < -0.39 is 6.04 Å². The number of hydrogen-bond acceptors (Lipinski definition) is 5. The van der Waals surface area contributed by atoms with E-state index in [0.717, 1.165) is 5.56 Å². The summed E-state index contributed by atoms with van der Waals surface area (Å²) in [5, 5.41) is 5.50. The first kappa shape index (κ1) is 22.9. The number of ether oxygens (including phenoxy) is 1. The number of rotatable bonds is 5. The van der Waals surface area contributed by atoms with Gasteiger partial charge >= 0.3 is 0 Å². The van der Waals surface area contributed by atoms with Crippen LogP contribution in [0.1, 0.15) is 45.8 Å². The summed E-state index contributed by atoms with van der Waals surface area (Å²) in [6.07, 6.45) is 3.34. The van der Waals surface area contributed by atoms with Crippen LogP contribution in [0.15, 0.2) is 59.7 Å². The predicted octanol–water partition coefficient (Wildman–Crippen LogP) is 4.38. The second-order valence-electron chi connectivity index (χ2n) is 8.44. The summed E-state index contributed by atoms with van der Waals surface area (Å²) >= 11 is 6.16. The Kier molecular flexibility index (Phi) is 5.68. The monoisotopic (exact) mass is 489 g/mol. The first-order chi connectivity index (χ1) is 16.8. The van der Waals surface area contributed by atoms with Gasteiger partial charge in [0.1, 0.15) is 17.4 Å². The van der Waals surface area contributed by atoms with Gasteiger partial charge in [-0.1, -0.05) is 23.7 Å². The van der Waals surface area contributed by atoms with Crippen molar-refractivity contribution in [1.29, 1.82) is 0 Å². The number of anilines is 1. The van der Waals surface area contributed by atoms with Gasteiger partial charge in [-0.3, -0.25) is 14.5 Å². The highest BCUT2D eigenvalue weighted by Crippen LogP contribution is 2.43. The third-order valence-corrected chi connectivity index (χ3v) is 6.42. The molecule has 0 bridgehead atoms. The highest BCUT2D eigenvalue weighted by Gasteiger charge is 2.44. The zero-order valence-electron chi connectivity index (χ0n) is 19.8. The van der Waals surface area contributed by atoms with Gasteiger partial charge in [-0.25, -0.2) is 9.67 Å². The number of hydrogen-bond donors (Lipinski definition) is 0. The number of nitrogens with zero attached hydrogens (tertiary/aromatic N) is 5. The van der Waals surface area contributed by atoms with Crippen LogP contribution in [0, 0.1) is 13.8 Å². The van der Waals surface area contributed by atoms with Gasteiger partial charge < -0.3 is 9.30 Å². The standard InChI is InChI=1S/C26H24ClN5O3/c1-5-35-24-20(7-6-12-28-24)32-16(3)21-22(29-32)23(17-8-10-18(27)11-9-17)31(26(21)34)19-13-15(2)25(33)30(4)14-19/h6-14,23H,5H2,1-4H3. The fraction of sp³-hybridized carbons (Fsp3) is 0.231. The zero-order valence-corrected chi connectivity index (χ0v) is 20.6. The van der Waals surface area contributed by atoms with Crippen LogP contribution >= 0.6 is 11.6 Å². The van der Waals surface area contributed by atoms with Gasteiger partial charge in [0.25, 0.3) is 11.5 Å². The maximum absolute atomic E-state index is 13.9. The van der Waals surface area contributed by atoms with Crippen LogP contribution in [0.2, 0.25) is 5.02 Å². The van der Waals surface area contributed by atoms with E-state index in [1.165, 1.54) is 4.57 Å². The predicted molar refractivity (Wildman–Crippen MR) is 134 cm³/mol. The third kappa shape index (κ3) is 3.70. The zero-order chi connectivity index (χ0) is 24.9. The number of aromatic nitrogens is 4. The Morgan fingerprint density at radius 2 is 1.86 bits per heavy atom. The number of pyridine rings is 2. The van der Waals surface area contributed by atoms with Crippen LogP contribution in [0.4, 0.5) is 5.69 Å². The number of benzene rings is 1. The molecule has 5 rings (SSSR count). The number of aryl methyl sites for hydroxylation is 2. The minimum Gasteiger partial charge on any atom is -0.476 e. The average molecular weight is 490 g/mol. The summed E-state index contributed by atoms with van der Waals surface area (Å²) in [6.45, 7) is 5.95. The van der Waals surface area contributed by atoms with Crippen molar-refractivity contribution in [2.75, 3.05) is 11.5 Å². The quantitative estimate of drug-likeness (QED) is 0.415. The summed E-state index contributed by atoms with van der Waals surface area (Å²) in [5.74, 6) is 0.254. The highest BCUT2D eigenvalue weighted by molar-refractivity contribution is 6.30. The van der Waals surface area contributed by atoms with E-state index in [1.54, 1.807) is 54.1 Å². The van der Waals surface area contributed by atoms with E-state index in [1.807, 2.05) is 38.1 Å². The van der Waals surface area contributed by atoms with Gasteiger partial charge in [0.05, 0.1) is 23.6 Å². The number of fused-ring (bicyclic) bond motifs is 1. The lowest BCUT2D eigenvalue weighted by Crippen LogP contribution is -2.32. The smallest absolute Gasteiger partial charge is 0.263 e. The summed E-state index contributed by atoms with van der Waals surface area (Å²) in [5.41, 5.74) is 4.40. The van der Waals surface area contributed by atoms with Crippen molar-refractivity contribution in [3.63, 3.8) is 0 Å². The largest absolute Gasteiger partial charge is 0.476 e. The molecule has 0 spiro atoms. The molecule has 1 aliphatic heterocycles. The van der Waals surface area contributed by atoms with E-state index in [2.05, 4.69) is 4.98 Å². The molecular weight excluding hydrogens is 466 g/mol. The summed E-state index contributed by atoms with van der Waals surface area (Å²) in [6, 6.07) is 12.3. The number of amides is 1. The fourth-order valence-corrected chi connectivity index (χ4v) is 4.70. The lowest BCUT2D eigenvalue weighted by Gasteiger charge is -2.26. The summed E-state index contributed by atoms with van der Waals surface area (Å²) in [4.78, 5) is 32.3. The Hall–Kier alpha value is -3.91. The molecule has 35 heavy (non-hydrogen) atoms. The third-order valence-electron chi connectivity index (χ3n) is 6.17. The molecule has 0 radical (unpaired) electrons. The lowest BCUT2D eigenvalue weighted by atomic mass is 10.0. The SMILES string of the molecule is CCOc1ncccc1-n1nc2c(c1C)C(=O)N(c1cc(C)c(=O)n(C)c1)C2c1ccc(Cl)cc1. The maximum atomic E-state index is 13.9. The Morgan fingerprint density at radius 1 is 1.11 bits per heavy atom. The van der Waals surface area contributed by atoms with Crippen molar-refractivity contribution in [2.24, 2.45) is 7.05 Å². The molecule has 8 nitrogen and oxygen atoms in total. The summed E-state index contributed by atoms with van der Waals surface area (Å²) in [7, 11) is 1.68. The van der Waals surface area contributed by atoms with E-state index in [-0.39, 0.29) is 11.5 Å². The summed E-state index contributed by atoms with van der Waals surface area (Å²) < 4.78 is 8.92. The Morgan fingerprint density at radius 3 is 2.54 bits per heavy atom. The molecular formula is C26H24ClN5O3. The van der Waals surface area contributed by atoms with Gasteiger partial charge in [0.2, 0.25) is 5.88 Å². The molecule has 0 fully saturated rings. The number of halogens is 1. The van der Waals surface area contributed by atoms with Gasteiger partial charge in [0.15, 0.2) is 0 Å². The van der Waals surface area contributed by atoms with Crippen LogP contribution < -0.4 is 15.2 Å². The first-order valence-electron chi connectivity index (χ1n) is 11.3. The number of carbonyl (C=O) groups is 1. The Labute approximate surface area is 207 Å². The van der Waals surface area contributed by atoms with Crippen LogP contribution in [-0.4, -0.2) is 31.8 Å². The number of carbonyl (C=O) groups excluding carboxylic acids is 1. The Balaban J connectivity index is 1.72. The normalized spacial score (nSPS) is 14.9. The van der Waals surface area contributed by atoms with Gasteiger partial charge in [-0.15, -0.1) is 0 Å². The van der Waals surface area contributed by atoms with Gasteiger partial charge in [-0.05, 0) is 56.7 Å². The van der Waals surface area contributed by atoms with Crippen molar-refractivity contribution in [2.45, 2.75) is 26.8 Å². The van der Waals surface area contributed by atoms with Crippen molar-refractivity contribution < 1.29 is 9.53 Å². The molecule has 0 aliphatic carbocycles. The average Bonchev–Trinajstić information content (AvgIpc) is 3.32. The Bertz CT molecular complexity index is 1480. The van der Waals surface area contributed by atoms with Crippen molar-refractivity contribution >= 4 is 23.2 Å². The molecule has 4 heterocycles. The lowest BCUT2D eigenvalue weighted by molar-refractivity contribution is 0.0992. The van der Waals surface area contributed by atoms with Crippen LogP contribution in [0.25, 0.3) is 5.69 Å². The molecule has 1 aliphatic rings. The molecule has 1 aromatic carbocycles. The van der Waals surface area contributed by atoms with E-state index in [0.29, 0.717) is 51.4 Å². The van der Waals surface area contributed by atoms with Crippen molar-refractivity contribution in [3.8, 4) is 11.6 Å². The molecule has 3 aromatic heterocycles. The molecule has 0 N–H and O–H groups in total. The molecule has 4 aromatic rings. The van der Waals surface area contributed by atoms with Crippen LogP contribution in [0.5, 0.6) is 5.88 Å². The minimum atomic E-state index is -0.501. The van der Waals surface area contributed by atoms with Gasteiger partial charge in [-0.2, -0.15) is 5.10 Å². The molecule has 178 valence electrons. The van der Waals surface area contributed by atoms with Gasteiger partial charge in [0, 0.05) is 30.0 Å². The van der Waals surface area contributed by atoms with Crippen LogP contribution in [-0.2, 0) is 7.05 Å². The molecule has 9 heteroatoms. The van der Waals surface area contributed by atoms with E-state index in [9.17, 15) is 9.59 Å². The first-order valence-corrected chi connectivity index (χ1v) is 11.6. The fourth-order valence-electron chi connectivity index (χ4n) is 4.57. The molecule has 0 saturated carbocycles. The minimum absolute atomic E-state index is 0.109. The van der Waals surface area contributed by atoms with E-state index >= 15 is 0 Å². The van der Waals surface area contributed by atoms with Crippen molar-refractivity contribution in [1.82, 2.24) is 19.3 Å². The van der Waals surface area contributed by atoms with E-state index in [4.69, 9.17) is 21.4 Å². The maximum Gasteiger partial charge on any atom is 0.263 e. The second-order valence-corrected chi connectivity index (χ2v) is 8.88. The molecule has 1 unspecified atom stereocenters. The molecule has 1 atom stereocenters.